The molecule has 14 heavy (non-hydrogen) atoms. The fourth-order valence-electron chi connectivity index (χ4n) is 1.07. The molecule has 0 bridgehead atoms. The van der Waals surface area contributed by atoms with Crippen LogP contribution >= 0.6 is 0 Å². The molecule has 0 aliphatic carbocycles. The number of nitrogens with zero attached hydrogens (tertiary/aromatic N) is 1. The van der Waals surface area contributed by atoms with Crippen molar-refractivity contribution in [1.82, 2.24) is 0 Å². The Balaban J connectivity index is 4.40. The van der Waals surface area contributed by atoms with Gasteiger partial charge >= 0.3 is 0 Å². The minimum atomic E-state index is 0.0504. The second-order valence-corrected chi connectivity index (χ2v) is 2.76. The third kappa shape index (κ3) is 5.52. The van der Waals surface area contributed by atoms with Crippen molar-refractivity contribution < 1.29 is 4.74 Å². The van der Waals surface area contributed by atoms with Gasteiger partial charge in [0, 0.05) is 12.8 Å². The maximum atomic E-state index is 5.46. The van der Waals surface area contributed by atoms with Gasteiger partial charge in [-0.15, -0.1) is 5.73 Å². The maximum Gasteiger partial charge on any atom is 0.0963 e. The van der Waals surface area contributed by atoms with E-state index >= 15 is 0 Å². The van der Waals surface area contributed by atoms with E-state index in [2.05, 4.69) is 17.3 Å². The van der Waals surface area contributed by atoms with Crippen LogP contribution in [0.15, 0.2) is 35.2 Å². The lowest BCUT2D eigenvalue weighted by Gasteiger charge is -2.11. The highest BCUT2D eigenvalue weighted by Crippen LogP contribution is 2.09. The van der Waals surface area contributed by atoms with Crippen LogP contribution in [0.25, 0.3) is 0 Å². The molecule has 0 aliphatic rings. The first-order valence-corrected chi connectivity index (χ1v) is 4.90. The minimum absolute atomic E-state index is 0.0504. The summed E-state index contributed by atoms with van der Waals surface area (Å²) in [7, 11) is 0. The van der Waals surface area contributed by atoms with E-state index in [9.17, 15) is 0 Å². The van der Waals surface area contributed by atoms with Gasteiger partial charge in [0.05, 0.1) is 11.8 Å². The summed E-state index contributed by atoms with van der Waals surface area (Å²) in [4.78, 5) is 4.26. The van der Waals surface area contributed by atoms with Crippen LogP contribution in [-0.4, -0.2) is 18.9 Å². The summed E-state index contributed by atoms with van der Waals surface area (Å²) in [6.45, 7) is 10.1. The Morgan fingerprint density at radius 1 is 1.64 bits per heavy atom. The summed E-state index contributed by atoms with van der Waals surface area (Å²) in [6, 6.07) is 0. The van der Waals surface area contributed by atoms with E-state index in [1.54, 1.807) is 6.21 Å². The van der Waals surface area contributed by atoms with E-state index in [1.165, 1.54) is 0 Å². The minimum Gasteiger partial charge on any atom is -0.373 e. The highest BCUT2D eigenvalue weighted by atomic mass is 16.5. The monoisotopic (exact) mass is 193 g/mol. The van der Waals surface area contributed by atoms with Crippen molar-refractivity contribution in [1.29, 1.82) is 0 Å². The normalized spacial score (nSPS) is 14.1. The van der Waals surface area contributed by atoms with E-state index in [0.29, 0.717) is 6.61 Å². The highest BCUT2D eigenvalue weighted by molar-refractivity contribution is 5.55. The summed E-state index contributed by atoms with van der Waals surface area (Å²) in [5.74, 6) is 0. The Bertz CT molecular complexity index is 247. The third-order valence-electron chi connectivity index (χ3n) is 1.70. The topological polar surface area (TPSA) is 21.6 Å². The lowest BCUT2D eigenvalue weighted by Crippen LogP contribution is -2.10. The van der Waals surface area contributed by atoms with Crippen LogP contribution in [0, 0.1) is 0 Å². The molecule has 0 N–H and O–H groups in total. The van der Waals surface area contributed by atoms with Gasteiger partial charge in [0.1, 0.15) is 0 Å². The molecule has 0 aliphatic heterocycles. The van der Waals surface area contributed by atoms with Gasteiger partial charge in [0.25, 0.3) is 0 Å². The van der Waals surface area contributed by atoms with Gasteiger partial charge < -0.3 is 4.74 Å². The second kappa shape index (κ2) is 8.49. The number of aliphatic imine (C=N–C) groups is 1. The number of hydrogen-bond donors (Lipinski definition) is 0. The van der Waals surface area contributed by atoms with Gasteiger partial charge in [-0.3, -0.25) is 4.99 Å². The molecule has 0 amide bonds. The molecule has 0 rings (SSSR count). The number of rotatable bonds is 6. The average Bonchev–Trinajstić information content (AvgIpc) is 2.17. The van der Waals surface area contributed by atoms with Crippen LogP contribution in [0.4, 0.5) is 0 Å². The predicted octanol–water partition coefficient (Wildman–Crippen LogP) is 3.12. The van der Waals surface area contributed by atoms with Crippen molar-refractivity contribution in [2.75, 3.05) is 6.61 Å². The standard InChI is InChI=1S/C12H19NO/c1-5-8-9-10-12(13-6-2)11(4)14-7-3/h6,8,10-11H,1,7,9H2,2-4H3/b12-10-,13-6?/t11-/m1/s1. The fourth-order valence-corrected chi connectivity index (χ4v) is 1.07. The third-order valence-corrected chi connectivity index (χ3v) is 1.70. The first-order chi connectivity index (χ1) is 6.76. The molecule has 2 nitrogen and oxygen atoms in total. The molecular weight excluding hydrogens is 174 g/mol. The zero-order chi connectivity index (χ0) is 10.8. The fraction of sp³-hybridized carbons (Fsp3) is 0.500. The zero-order valence-corrected chi connectivity index (χ0v) is 9.29. The molecule has 0 heterocycles. The molecule has 2 heteroatoms. The molecule has 0 radical (unpaired) electrons. The lowest BCUT2D eigenvalue weighted by molar-refractivity contribution is 0.100. The molecule has 0 fully saturated rings. The first kappa shape index (κ1) is 12.9. The summed E-state index contributed by atoms with van der Waals surface area (Å²) in [5, 5.41) is 0. The molecule has 78 valence electrons. The Labute approximate surface area is 86.7 Å². The zero-order valence-electron chi connectivity index (χ0n) is 9.29. The summed E-state index contributed by atoms with van der Waals surface area (Å²) < 4.78 is 5.46. The number of hydrogen-bond acceptors (Lipinski definition) is 2. The summed E-state index contributed by atoms with van der Waals surface area (Å²) in [6.07, 6.45) is 6.52. The molecular formula is C12H19NO. The van der Waals surface area contributed by atoms with Gasteiger partial charge in [-0.2, -0.15) is 0 Å². The van der Waals surface area contributed by atoms with E-state index in [4.69, 9.17) is 4.74 Å². The van der Waals surface area contributed by atoms with Crippen LogP contribution in [0.3, 0.4) is 0 Å². The average molecular weight is 193 g/mol. The molecule has 0 aromatic carbocycles. The Morgan fingerprint density at radius 2 is 2.36 bits per heavy atom. The quantitative estimate of drug-likeness (QED) is 0.469. The van der Waals surface area contributed by atoms with Crippen molar-refractivity contribution in [3.8, 4) is 0 Å². The van der Waals surface area contributed by atoms with Crippen molar-refractivity contribution in [2.45, 2.75) is 33.3 Å². The lowest BCUT2D eigenvalue weighted by atomic mass is 10.2. The molecule has 0 saturated carbocycles. The predicted molar refractivity (Wildman–Crippen MR) is 61.7 cm³/mol. The molecule has 0 aromatic heterocycles. The maximum absolute atomic E-state index is 5.46. The van der Waals surface area contributed by atoms with Crippen molar-refractivity contribution >= 4 is 6.21 Å². The Hall–Kier alpha value is -1.11. The molecule has 0 aromatic rings. The smallest absolute Gasteiger partial charge is 0.0963 e. The number of allylic oxidation sites excluding steroid dienone is 2. The van der Waals surface area contributed by atoms with Crippen LogP contribution in [0.2, 0.25) is 0 Å². The largest absolute Gasteiger partial charge is 0.373 e. The van der Waals surface area contributed by atoms with Crippen molar-refractivity contribution in [3.63, 3.8) is 0 Å². The van der Waals surface area contributed by atoms with E-state index in [1.807, 2.05) is 32.9 Å². The second-order valence-electron chi connectivity index (χ2n) is 2.76. The first-order valence-electron chi connectivity index (χ1n) is 4.90. The van der Waals surface area contributed by atoms with Gasteiger partial charge in [0.2, 0.25) is 0 Å². The van der Waals surface area contributed by atoms with Crippen LogP contribution < -0.4 is 0 Å². The van der Waals surface area contributed by atoms with Gasteiger partial charge in [-0.1, -0.05) is 12.7 Å². The van der Waals surface area contributed by atoms with E-state index in [0.717, 1.165) is 12.1 Å². The van der Waals surface area contributed by atoms with Crippen LogP contribution in [0.1, 0.15) is 27.2 Å². The highest BCUT2D eigenvalue weighted by Gasteiger charge is 2.05. The van der Waals surface area contributed by atoms with Crippen molar-refractivity contribution in [3.05, 3.63) is 30.2 Å². The van der Waals surface area contributed by atoms with Crippen LogP contribution in [-0.2, 0) is 4.74 Å². The Kier molecular flexibility index (Phi) is 7.81. The van der Waals surface area contributed by atoms with E-state index < -0.39 is 0 Å². The molecule has 1 atom stereocenters. The Morgan fingerprint density at radius 3 is 2.86 bits per heavy atom. The van der Waals surface area contributed by atoms with Gasteiger partial charge in [-0.05, 0) is 33.3 Å². The number of ether oxygens (including phenoxy) is 1. The molecule has 0 spiro atoms. The summed E-state index contributed by atoms with van der Waals surface area (Å²) >= 11 is 0. The van der Waals surface area contributed by atoms with Crippen LogP contribution in [0.5, 0.6) is 0 Å². The van der Waals surface area contributed by atoms with Gasteiger partial charge in [0.15, 0.2) is 0 Å². The van der Waals surface area contributed by atoms with E-state index in [-0.39, 0.29) is 6.10 Å². The van der Waals surface area contributed by atoms with Crippen molar-refractivity contribution in [2.24, 2.45) is 4.99 Å². The van der Waals surface area contributed by atoms with Gasteiger partial charge in [-0.25, -0.2) is 0 Å². The summed E-state index contributed by atoms with van der Waals surface area (Å²) in [5.41, 5.74) is 3.68. The molecule has 0 unspecified atom stereocenters. The molecule has 0 saturated heterocycles. The SMILES string of the molecule is C=C=CC/C=C(\N=CC)[C@@H](C)OCC.